The van der Waals surface area contributed by atoms with Gasteiger partial charge in [-0.15, -0.1) is 24.8 Å². The van der Waals surface area contributed by atoms with Crippen LogP contribution in [0.3, 0.4) is 0 Å². The van der Waals surface area contributed by atoms with Crippen LogP contribution in [0.4, 0.5) is 5.69 Å². The maximum absolute atomic E-state index is 4.04. The Morgan fingerprint density at radius 3 is 2.92 bits per heavy atom. The van der Waals surface area contributed by atoms with Crippen LogP contribution in [0, 0.1) is 0 Å². The molecule has 1 aromatic rings. The Kier molecular flexibility index (Phi) is 5.02. The first kappa shape index (κ1) is 11.5. The van der Waals surface area contributed by atoms with Crippen LogP contribution >= 0.6 is 24.8 Å². The SMILES string of the molecule is Cl.Cl.c1cc2c(cn1)NCCC2. The molecule has 0 amide bonds. The molecule has 0 unspecified atom stereocenters. The zero-order valence-corrected chi connectivity index (χ0v) is 8.25. The van der Waals surface area contributed by atoms with Crippen LogP contribution in [0.1, 0.15) is 12.0 Å². The topological polar surface area (TPSA) is 24.9 Å². The van der Waals surface area contributed by atoms with Crippen molar-refractivity contribution in [3.63, 3.8) is 0 Å². The first-order valence-electron chi connectivity index (χ1n) is 3.63. The molecule has 1 N–H and O–H groups in total. The first-order chi connectivity index (χ1) is 4.97. The second-order valence-electron chi connectivity index (χ2n) is 2.56. The lowest BCUT2D eigenvalue weighted by atomic mass is 10.1. The molecule has 68 valence electrons. The number of fused-ring (bicyclic) bond motifs is 1. The van der Waals surface area contributed by atoms with Crippen LogP contribution in [0.5, 0.6) is 0 Å². The molecule has 1 aliphatic heterocycles. The van der Waals surface area contributed by atoms with Gasteiger partial charge < -0.3 is 5.32 Å². The molecule has 1 aliphatic rings. The summed E-state index contributed by atoms with van der Waals surface area (Å²) in [6, 6.07) is 2.08. The van der Waals surface area contributed by atoms with E-state index >= 15 is 0 Å². The lowest BCUT2D eigenvalue weighted by Crippen LogP contribution is -2.11. The van der Waals surface area contributed by atoms with E-state index in [9.17, 15) is 0 Å². The highest BCUT2D eigenvalue weighted by molar-refractivity contribution is 5.85. The second kappa shape index (κ2) is 5.22. The molecule has 0 saturated carbocycles. The monoisotopic (exact) mass is 206 g/mol. The molecule has 2 rings (SSSR count). The number of aryl methyl sites for hydroxylation is 1. The van der Waals surface area contributed by atoms with Crippen molar-refractivity contribution in [2.24, 2.45) is 0 Å². The van der Waals surface area contributed by atoms with E-state index in [1.807, 2.05) is 12.4 Å². The van der Waals surface area contributed by atoms with Crippen molar-refractivity contribution in [2.75, 3.05) is 11.9 Å². The molecule has 1 aromatic heterocycles. The average molecular weight is 207 g/mol. The molecule has 0 radical (unpaired) electrons. The lowest BCUT2D eigenvalue weighted by Gasteiger charge is -2.15. The minimum absolute atomic E-state index is 0. The smallest absolute Gasteiger partial charge is 0.0559 e. The number of halogens is 2. The predicted molar refractivity (Wildman–Crippen MR) is 55.5 cm³/mol. The minimum atomic E-state index is 0. The first-order valence-corrected chi connectivity index (χ1v) is 3.63. The number of nitrogens with zero attached hydrogens (tertiary/aromatic N) is 1. The minimum Gasteiger partial charge on any atom is -0.384 e. The van der Waals surface area contributed by atoms with E-state index in [-0.39, 0.29) is 24.8 Å². The fourth-order valence-electron chi connectivity index (χ4n) is 1.30. The Bertz CT molecular complexity index is 215. The van der Waals surface area contributed by atoms with Crippen molar-refractivity contribution >= 4 is 30.5 Å². The maximum atomic E-state index is 4.04. The quantitative estimate of drug-likeness (QED) is 0.705. The third kappa shape index (κ3) is 2.26. The van der Waals surface area contributed by atoms with Crippen molar-refractivity contribution in [3.05, 3.63) is 24.0 Å². The molecule has 0 fully saturated rings. The molecule has 2 heterocycles. The Morgan fingerprint density at radius 2 is 2.17 bits per heavy atom. The summed E-state index contributed by atoms with van der Waals surface area (Å²) in [4.78, 5) is 4.04. The number of nitrogens with one attached hydrogen (secondary N) is 1. The van der Waals surface area contributed by atoms with Gasteiger partial charge in [0.05, 0.1) is 11.9 Å². The van der Waals surface area contributed by atoms with E-state index in [1.165, 1.54) is 24.1 Å². The van der Waals surface area contributed by atoms with Gasteiger partial charge in [0.1, 0.15) is 0 Å². The highest BCUT2D eigenvalue weighted by Crippen LogP contribution is 2.18. The highest BCUT2D eigenvalue weighted by Gasteiger charge is 2.05. The van der Waals surface area contributed by atoms with E-state index in [0.717, 1.165) is 6.54 Å². The van der Waals surface area contributed by atoms with E-state index in [0.29, 0.717) is 0 Å². The van der Waals surface area contributed by atoms with E-state index in [2.05, 4.69) is 16.4 Å². The van der Waals surface area contributed by atoms with E-state index in [1.54, 1.807) is 0 Å². The fourth-order valence-corrected chi connectivity index (χ4v) is 1.30. The number of rotatable bonds is 0. The average Bonchev–Trinajstić information content (AvgIpc) is 2.05. The molecule has 0 atom stereocenters. The van der Waals surface area contributed by atoms with Crippen molar-refractivity contribution in [1.29, 1.82) is 0 Å². The summed E-state index contributed by atoms with van der Waals surface area (Å²) in [7, 11) is 0. The van der Waals surface area contributed by atoms with Gasteiger partial charge in [-0.25, -0.2) is 0 Å². The van der Waals surface area contributed by atoms with Crippen molar-refractivity contribution in [2.45, 2.75) is 12.8 Å². The van der Waals surface area contributed by atoms with Gasteiger partial charge in [-0.2, -0.15) is 0 Å². The molecular formula is C8H12Cl2N2. The maximum Gasteiger partial charge on any atom is 0.0559 e. The summed E-state index contributed by atoms with van der Waals surface area (Å²) in [5.41, 5.74) is 2.62. The van der Waals surface area contributed by atoms with E-state index in [4.69, 9.17) is 0 Å². The van der Waals surface area contributed by atoms with Crippen LogP contribution in [0.15, 0.2) is 18.5 Å². The zero-order chi connectivity index (χ0) is 6.81. The number of anilines is 1. The van der Waals surface area contributed by atoms with Crippen molar-refractivity contribution < 1.29 is 0 Å². The Hall–Kier alpha value is -0.470. The largest absolute Gasteiger partial charge is 0.384 e. The van der Waals surface area contributed by atoms with Gasteiger partial charge in [-0.1, -0.05) is 0 Å². The van der Waals surface area contributed by atoms with Crippen LogP contribution in [-0.2, 0) is 6.42 Å². The van der Waals surface area contributed by atoms with Gasteiger partial charge in [-0.3, -0.25) is 4.98 Å². The normalized spacial score (nSPS) is 13.0. The van der Waals surface area contributed by atoms with E-state index < -0.39 is 0 Å². The standard InChI is InChI=1S/C8H10N2.2ClH/c1-2-7-3-5-9-6-8(7)10-4-1;;/h3,5-6,10H,1-2,4H2;2*1H. The van der Waals surface area contributed by atoms with Gasteiger partial charge in [0.15, 0.2) is 0 Å². The molecule has 12 heavy (non-hydrogen) atoms. The molecular weight excluding hydrogens is 195 g/mol. The Labute approximate surface area is 84.6 Å². The third-order valence-electron chi connectivity index (χ3n) is 1.85. The summed E-state index contributed by atoms with van der Waals surface area (Å²) in [5, 5.41) is 3.30. The van der Waals surface area contributed by atoms with Gasteiger partial charge in [0.25, 0.3) is 0 Å². The Morgan fingerprint density at radius 1 is 1.33 bits per heavy atom. The van der Waals surface area contributed by atoms with Crippen molar-refractivity contribution in [3.8, 4) is 0 Å². The molecule has 2 nitrogen and oxygen atoms in total. The molecule has 0 aromatic carbocycles. The zero-order valence-electron chi connectivity index (χ0n) is 6.62. The van der Waals surface area contributed by atoms with Crippen LogP contribution < -0.4 is 5.32 Å². The molecule has 0 saturated heterocycles. The van der Waals surface area contributed by atoms with Gasteiger partial charge >= 0.3 is 0 Å². The fraction of sp³-hybridized carbons (Fsp3) is 0.375. The summed E-state index contributed by atoms with van der Waals surface area (Å²) < 4.78 is 0. The molecule has 4 heteroatoms. The summed E-state index contributed by atoms with van der Waals surface area (Å²) in [5.74, 6) is 0. The lowest BCUT2D eigenvalue weighted by molar-refractivity contribution is 0.826. The molecule has 0 spiro atoms. The van der Waals surface area contributed by atoms with Crippen LogP contribution in [-0.4, -0.2) is 11.5 Å². The second-order valence-corrected chi connectivity index (χ2v) is 2.56. The predicted octanol–water partition coefficient (Wildman–Crippen LogP) is 2.28. The Balaban J connectivity index is 0.000000605. The number of hydrogen-bond acceptors (Lipinski definition) is 2. The number of pyridine rings is 1. The number of hydrogen-bond donors (Lipinski definition) is 1. The summed E-state index contributed by atoms with van der Waals surface area (Å²) in [6.45, 7) is 1.10. The number of aromatic nitrogens is 1. The summed E-state index contributed by atoms with van der Waals surface area (Å²) in [6.07, 6.45) is 6.20. The van der Waals surface area contributed by atoms with Gasteiger partial charge in [0.2, 0.25) is 0 Å². The molecule has 0 aliphatic carbocycles. The van der Waals surface area contributed by atoms with Crippen LogP contribution in [0.25, 0.3) is 0 Å². The van der Waals surface area contributed by atoms with Crippen LogP contribution in [0.2, 0.25) is 0 Å². The van der Waals surface area contributed by atoms with Gasteiger partial charge in [-0.05, 0) is 24.5 Å². The van der Waals surface area contributed by atoms with Crippen molar-refractivity contribution in [1.82, 2.24) is 4.98 Å². The summed E-state index contributed by atoms with van der Waals surface area (Å²) >= 11 is 0. The third-order valence-corrected chi connectivity index (χ3v) is 1.85. The highest BCUT2D eigenvalue weighted by atomic mass is 35.5. The van der Waals surface area contributed by atoms with Gasteiger partial charge in [0, 0.05) is 12.7 Å². The molecule has 0 bridgehead atoms.